The van der Waals surface area contributed by atoms with Crippen LogP contribution in [0.1, 0.15) is 38.7 Å². The fourth-order valence-corrected chi connectivity index (χ4v) is 3.05. The van der Waals surface area contributed by atoms with Crippen LogP contribution in [0.4, 0.5) is 0 Å². The average molecular weight is 288 g/mol. The van der Waals surface area contributed by atoms with E-state index < -0.39 is 5.41 Å². The van der Waals surface area contributed by atoms with Gasteiger partial charge in [-0.05, 0) is 38.0 Å². The van der Waals surface area contributed by atoms with Crippen molar-refractivity contribution in [2.24, 2.45) is 0 Å². The summed E-state index contributed by atoms with van der Waals surface area (Å²) in [5.41, 5.74) is 0.444. The highest BCUT2D eigenvalue weighted by molar-refractivity contribution is 6.03. The first-order valence-corrected chi connectivity index (χ1v) is 7.74. The van der Waals surface area contributed by atoms with Crippen molar-refractivity contribution in [1.29, 1.82) is 0 Å². The Morgan fingerprint density at radius 2 is 1.81 bits per heavy atom. The topological polar surface area (TPSA) is 49.4 Å². The first kappa shape index (κ1) is 15.7. The van der Waals surface area contributed by atoms with Gasteiger partial charge in [0.25, 0.3) is 0 Å². The highest BCUT2D eigenvalue weighted by Crippen LogP contribution is 2.36. The summed E-state index contributed by atoms with van der Waals surface area (Å²) >= 11 is 0. The Bertz CT molecular complexity index is 497. The van der Waals surface area contributed by atoms with E-state index in [9.17, 15) is 9.59 Å². The van der Waals surface area contributed by atoms with Crippen molar-refractivity contribution in [2.75, 3.05) is 19.6 Å². The number of nitrogens with zero attached hydrogens (tertiary/aromatic N) is 1. The van der Waals surface area contributed by atoms with Crippen molar-refractivity contribution in [2.45, 2.75) is 38.5 Å². The zero-order valence-electron chi connectivity index (χ0n) is 12.9. The molecule has 1 heterocycles. The quantitative estimate of drug-likeness (QED) is 0.816. The van der Waals surface area contributed by atoms with Crippen LogP contribution < -0.4 is 5.32 Å². The van der Waals surface area contributed by atoms with Gasteiger partial charge in [-0.15, -0.1) is 0 Å². The molecule has 21 heavy (non-hydrogen) atoms. The molecule has 0 aromatic heterocycles. The van der Waals surface area contributed by atoms with Gasteiger partial charge in [0.2, 0.25) is 11.8 Å². The number of imide groups is 1. The van der Waals surface area contributed by atoms with Gasteiger partial charge in [-0.25, -0.2) is 0 Å². The van der Waals surface area contributed by atoms with Crippen LogP contribution in [-0.2, 0) is 15.0 Å². The number of amides is 2. The Hall–Kier alpha value is -1.68. The second-order valence-corrected chi connectivity index (χ2v) is 5.60. The van der Waals surface area contributed by atoms with Crippen molar-refractivity contribution >= 4 is 11.8 Å². The Labute approximate surface area is 126 Å². The summed E-state index contributed by atoms with van der Waals surface area (Å²) in [4.78, 5) is 26.4. The van der Waals surface area contributed by atoms with E-state index >= 15 is 0 Å². The lowest BCUT2D eigenvalue weighted by Gasteiger charge is -2.37. The smallest absolute Gasteiger partial charge is 0.237 e. The van der Waals surface area contributed by atoms with Crippen LogP contribution in [0.25, 0.3) is 0 Å². The minimum absolute atomic E-state index is 0.142. The fraction of sp³-hybridized carbons (Fsp3) is 0.529. The van der Waals surface area contributed by atoms with Crippen LogP contribution in [-0.4, -0.2) is 36.3 Å². The normalized spacial score (nSPS) is 22.4. The third-order valence-electron chi connectivity index (χ3n) is 4.54. The minimum atomic E-state index is -0.572. The van der Waals surface area contributed by atoms with Gasteiger partial charge in [-0.3, -0.25) is 14.9 Å². The molecule has 1 atom stereocenters. The second-order valence-electron chi connectivity index (χ2n) is 5.60. The van der Waals surface area contributed by atoms with E-state index in [1.54, 1.807) is 0 Å². The van der Waals surface area contributed by atoms with E-state index in [4.69, 9.17) is 0 Å². The fourth-order valence-electron chi connectivity index (χ4n) is 3.05. The molecule has 1 aliphatic rings. The highest BCUT2D eigenvalue weighted by Gasteiger charge is 2.43. The molecular formula is C17H24N2O2. The number of benzene rings is 1. The van der Waals surface area contributed by atoms with Gasteiger partial charge in [0.05, 0.1) is 5.41 Å². The Kier molecular flexibility index (Phi) is 5.12. The molecule has 2 amide bonds. The minimum Gasteiger partial charge on any atom is -0.304 e. The maximum atomic E-state index is 12.6. The number of nitrogens with one attached hydrogen (secondary N) is 1. The van der Waals surface area contributed by atoms with Gasteiger partial charge in [-0.1, -0.05) is 44.2 Å². The summed E-state index contributed by atoms with van der Waals surface area (Å²) in [6.07, 6.45) is 1.76. The van der Waals surface area contributed by atoms with Gasteiger partial charge in [0, 0.05) is 6.42 Å². The van der Waals surface area contributed by atoms with E-state index in [1.165, 1.54) is 0 Å². The molecule has 1 fully saturated rings. The number of hydrogen-bond acceptors (Lipinski definition) is 3. The SMILES string of the molecule is CCN(CC)CC[C@@]1(c2ccccc2)CCC(=O)NC1=O. The van der Waals surface area contributed by atoms with Gasteiger partial charge in [0.15, 0.2) is 0 Å². The summed E-state index contributed by atoms with van der Waals surface area (Å²) in [5.74, 6) is -0.300. The third kappa shape index (κ3) is 3.32. The standard InChI is InChI=1S/C17H24N2O2/c1-3-19(4-2)13-12-17(14-8-6-5-7-9-14)11-10-15(20)18-16(17)21/h5-9H,3-4,10-13H2,1-2H3,(H,18,20,21)/t17-/m1/s1. The zero-order valence-corrected chi connectivity index (χ0v) is 12.9. The summed E-state index contributed by atoms with van der Waals surface area (Å²) < 4.78 is 0. The number of piperidine rings is 1. The summed E-state index contributed by atoms with van der Waals surface area (Å²) in [5, 5.41) is 2.53. The monoisotopic (exact) mass is 288 g/mol. The second kappa shape index (κ2) is 6.85. The lowest BCUT2D eigenvalue weighted by Crippen LogP contribution is -2.52. The van der Waals surface area contributed by atoms with Gasteiger partial charge < -0.3 is 4.90 Å². The van der Waals surface area contributed by atoms with Gasteiger partial charge in [0.1, 0.15) is 0 Å². The first-order chi connectivity index (χ1) is 10.1. The molecule has 0 radical (unpaired) electrons. The Morgan fingerprint density at radius 1 is 1.14 bits per heavy atom. The van der Waals surface area contributed by atoms with E-state index in [-0.39, 0.29) is 11.8 Å². The van der Waals surface area contributed by atoms with Crippen molar-refractivity contribution in [1.82, 2.24) is 10.2 Å². The van der Waals surface area contributed by atoms with Crippen molar-refractivity contribution in [3.8, 4) is 0 Å². The van der Waals surface area contributed by atoms with Crippen molar-refractivity contribution in [3.63, 3.8) is 0 Å². The predicted molar refractivity (Wildman–Crippen MR) is 82.9 cm³/mol. The number of rotatable bonds is 6. The molecule has 0 unspecified atom stereocenters. The van der Waals surface area contributed by atoms with Crippen LogP contribution >= 0.6 is 0 Å². The molecular weight excluding hydrogens is 264 g/mol. The highest BCUT2D eigenvalue weighted by atomic mass is 16.2. The van der Waals surface area contributed by atoms with Crippen LogP contribution in [0.5, 0.6) is 0 Å². The summed E-state index contributed by atoms with van der Waals surface area (Å²) in [7, 11) is 0. The molecule has 1 N–H and O–H groups in total. The largest absolute Gasteiger partial charge is 0.304 e. The van der Waals surface area contributed by atoms with Crippen LogP contribution in [0.15, 0.2) is 30.3 Å². The molecule has 0 aliphatic carbocycles. The maximum absolute atomic E-state index is 12.6. The van der Waals surface area contributed by atoms with Crippen LogP contribution in [0.2, 0.25) is 0 Å². The maximum Gasteiger partial charge on any atom is 0.237 e. The molecule has 4 nitrogen and oxygen atoms in total. The summed E-state index contributed by atoms with van der Waals surface area (Å²) in [6, 6.07) is 9.86. The third-order valence-corrected chi connectivity index (χ3v) is 4.54. The molecule has 0 spiro atoms. The lowest BCUT2D eigenvalue weighted by atomic mass is 9.71. The predicted octanol–water partition coefficient (Wildman–Crippen LogP) is 2.09. The van der Waals surface area contributed by atoms with E-state index in [2.05, 4.69) is 24.1 Å². The molecule has 1 aromatic carbocycles. The molecule has 4 heteroatoms. The molecule has 0 bridgehead atoms. The molecule has 0 saturated carbocycles. The van der Waals surface area contributed by atoms with Crippen LogP contribution in [0.3, 0.4) is 0 Å². The number of carbonyl (C=O) groups is 2. The molecule has 2 rings (SSSR count). The van der Waals surface area contributed by atoms with Crippen LogP contribution in [0, 0.1) is 0 Å². The van der Waals surface area contributed by atoms with Crippen molar-refractivity contribution in [3.05, 3.63) is 35.9 Å². The molecule has 1 aromatic rings. The van der Waals surface area contributed by atoms with E-state index in [0.717, 1.165) is 31.6 Å². The molecule has 114 valence electrons. The molecule has 1 aliphatic heterocycles. The van der Waals surface area contributed by atoms with E-state index in [1.807, 2.05) is 30.3 Å². The first-order valence-electron chi connectivity index (χ1n) is 7.74. The average Bonchev–Trinajstić information content (AvgIpc) is 2.51. The molecule has 1 saturated heterocycles. The van der Waals surface area contributed by atoms with Crippen molar-refractivity contribution < 1.29 is 9.59 Å². The van der Waals surface area contributed by atoms with Gasteiger partial charge >= 0.3 is 0 Å². The number of hydrogen-bond donors (Lipinski definition) is 1. The summed E-state index contributed by atoms with van der Waals surface area (Å²) in [6.45, 7) is 7.07. The lowest BCUT2D eigenvalue weighted by molar-refractivity contribution is -0.138. The Balaban J connectivity index is 2.26. The number of carbonyl (C=O) groups excluding carboxylic acids is 2. The van der Waals surface area contributed by atoms with Gasteiger partial charge in [-0.2, -0.15) is 0 Å². The Morgan fingerprint density at radius 3 is 2.38 bits per heavy atom. The van der Waals surface area contributed by atoms with E-state index in [0.29, 0.717) is 12.8 Å². The zero-order chi connectivity index (χ0) is 15.3.